The molecule has 8 heteroatoms. The van der Waals surface area contributed by atoms with Crippen LogP contribution in [0.3, 0.4) is 0 Å². The Morgan fingerprint density at radius 2 is 2.06 bits per heavy atom. The van der Waals surface area contributed by atoms with Gasteiger partial charge in [0.25, 0.3) is 0 Å². The fourth-order valence-electron chi connectivity index (χ4n) is 4.14. The van der Waals surface area contributed by atoms with E-state index in [2.05, 4.69) is 19.6 Å². The van der Waals surface area contributed by atoms with E-state index in [0.29, 0.717) is 35.2 Å². The van der Waals surface area contributed by atoms with Gasteiger partial charge in [-0.2, -0.15) is 0 Å². The molecule has 4 rings (SSSR count). The molecule has 0 aliphatic carbocycles. The number of benzene rings is 1. The highest BCUT2D eigenvalue weighted by atomic mass is 16.5. The van der Waals surface area contributed by atoms with E-state index >= 15 is 0 Å². The highest BCUT2D eigenvalue weighted by Gasteiger charge is 2.23. The van der Waals surface area contributed by atoms with E-state index < -0.39 is 5.63 Å². The van der Waals surface area contributed by atoms with Gasteiger partial charge in [0.15, 0.2) is 0 Å². The van der Waals surface area contributed by atoms with Crippen molar-refractivity contribution in [3.8, 4) is 17.2 Å². The van der Waals surface area contributed by atoms with Crippen molar-refractivity contribution in [3.05, 3.63) is 57.9 Å². The van der Waals surface area contributed by atoms with Gasteiger partial charge in [-0.15, -0.1) is 0 Å². The molecule has 0 radical (unpaired) electrons. The first kappa shape index (κ1) is 21.8. The van der Waals surface area contributed by atoms with Crippen molar-refractivity contribution in [1.82, 2.24) is 14.9 Å². The molecule has 0 N–H and O–H groups in total. The lowest BCUT2D eigenvalue weighted by molar-refractivity contribution is 0.257. The number of methoxy groups -OCH3 is 1. The number of pyridine rings is 1. The zero-order valence-corrected chi connectivity index (χ0v) is 18.5. The van der Waals surface area contributed by atoms with Gasteiger partial charge in [-0.25, -0.2) is 21.3 Å². The molecule has 0 atom stereocenters. The van der Waals surface area contributed by atoms with Crippen LogP contribution < -0.4 is 15.3 Å². The first-order chi connectivity index (χ1) is 15.6. The highest BCUT2D eigenvalue weighted by Crippen LogP contribution is 2.30. The van der Waals surface area contributed by atoms with Crippen molar-refractivity contribution in [2.24, 2.45) is 0 Å². The minimum Gasteiger partial charge on any atom is -0.497 e. The molecule has 0 bridgehead atoms. The molecule has 3 heterocycles. The fourth-order valence-corrected chi connectivity index (χ4v) is 4.14. The van der Waals surface area contributed by atoms with Crippen LogP contribution >= 0.6 is 0 Å². The number of piperazine rings is 1. The third kappa shape index (κ3) is 4.43. The minimum absolute atomic E-state index is 0.264. The van der Waals surface area contributed by atoms with Crippen molar-refractivity contribution in [1.29, 1.82) is 0 Å². The second-order valence-corrected chi connectivity index (χ2v) is 7.78. The largest absolute Gasteiger partial charge is 0.497 e. The van der Waals surface area contributed by atoms with Crippen LogP contribution in [0.1, 0.15) is 18.9 Å². The first-order valence-corrected chi connectivity index (χ1v) is 10.9. The van der Waals surface area contributed by atoms with Gasteiger partial charge < -0.3 is 18.9 Å². The number of fused-ring (bicyclic) bond motifs is 1. The van der Waals surface area contributed by atoms with Crippen LogP contribution in [-0.2, 0) is 6.42 Å². The predicted molar refractivity (Wildman–Crippen MR) is 124 cm³/mol. The molecule has 0 spiro atoms. The number of hydrogen-bond acceptors (Lipinski definition) is 7. The zero-order chi connectivity index (χ0) is 22.5. The van der Waals surface area contributed by atoms with Gasteiger partial charge in [0, 0.05) is 51.4 Å². The van der Waals surface area contributed by atoms with Crippen LogP contribution in [0.2, 0.25) is 0 Å². The number of ether oxygens (including phenoxy) is 1. The predicted octanol–water partition coefficient (Wildman–Crippen LogP) is 3.25. The van der Waals surface area contributed by atoms with E-state index in [1.165, 1.54) is 0 Å². The molecule has 1 aliphatic rings. The number of aromatic nitrogens is 2. The van der Waals surface area contributed by atoms with Crippen LogP contribution in [0, 0.1) is 6.57 Å². The maximum atomic E-state index is 12.9. The molecule has 0 saturated carbocycles. The topological polar surface area (TPSA) is 76.1 Å². The fraction of sp³-hybridized carbons (Fsp3) is 0.417. The zero-order valence-electron chi connectivity index (χ0n) is 18.5. The Hall–Kier alpha value is -3.44. The molecule has 1 aromatic carbocycles. The summed E-state index contributed by atoms with van der Waals surface area (Å²) in [4.78, 5) is 30.2. The summed E-state index contributed by atoms with van der Waals surface area (Å²) >= 11 is 0. The summed E-state index contributed by atoms with van der Waals surface area (Å²) in [6.07, 6.45) is 3.32. The van der Waals surface area contributed by atoms with Crippen LogP contribution in [0.15, 0.2) is 39.7 Å². The molecule has 32 heavy (non-hydrogen) atoms. The van der Waals surface area contributed by atoms with Crippen molar-refractivity contribution in [2.45, 2.75) is 19.8 Å². The summed E-state index contributed by atoms with van der Waals surface area (Å²) in [5.74, 6) is 1.70. The second-order valence-electron chi connectivity index (χ2n) is 7.78. The third-order valence-electron chi connectivity index (χ3n) is 5.84. The SMILES string of the molecule is [C-]#[N+]CCCN1CCN(c2ncccc2-c2nc3cc(OC)cc(CC)c3c(=O)o2)CC1. The second kappa shape index (κ2) is 9.79. The van der Waals surface area contributed by atoms with Crippen LogP contribution in [0.5, 0.6) is 5.75 Å². The van der Waals surface area contributed by atoms with Gasteiger partial charge in [0.2, 0.25) is 12.4 Å². The van der Waals surface area contributed by atoms with Gasteiger partial charge in [0.1, 0.15) is 11.6 Å². The summed E-state index contributed by atoms with van der Waals surface area (Å²) in [6.45, 7) is 13.9. The Bertz CT molecular complexity index is 1190. The molecular formula is C24H27N5O3. The standard InChI is InChI=1S/C24H27N5O3/c1-4-17-15-18(31-3)16-20-21(17)24(30)32-23(27-20)19-7-5-9-26-22(19)29-13-11-28(12-14-29)10-6-8-25-2/h5,7,9,15-16H,4,6,8,10-14H2,1,3H3. The summed E-state index contributed by atoms with van der Waals surface area (Å²) in [7, 11) is 1.60. The van der Waals surface area contributed by atoms with Crippen molar-refractivity contribution in [2.75, 3.05) is 51.3 Å². The monoisotopic (exact) mass is 433 g/mol. The smallest absolute Gasteiger partial charge is 0.347 e. The van der Waals surface area contributed by atoms with Gasteiger partial charge >= 0.3 is 5.63 Å². The molecule has 0 amide bonds. The van der Waals surface area contributed by atoms with E-state index in [4.69, 9.17) is 20.7 Å². The number of rotatable bonds is 7. The maximum absolute atomic E-state index is 12.9. The normalized spacial score (nSPS) is 14.5. The van der Waals surface area contributed by atoms with Gasteiger partial charge in [-0.3, -0.25) is 4.90 Å². The lowest BCUT2D eigenvalue weighted by Gasteiger charge is -2.35. The Balaban J connectivity index is 1.66. The number of aryl methyl sites for hydroxylation is 1. The Kier molecular flexibility index (Phi) is 6.66. The summed E-state index contributed by atoms with van der Waals surface area (Å²) < 4.78 is 11.1. The lowest BCUT2D eigenvalue weighted by Crippen LogP contribution is -2.47. The van der Waals surface area contributed by atoms with Crippen LogP contribution in [-0.4, -0.2) is 61.2 Å². The Morgan fingerprint density at radius 3 is 2.78 bits per heavy atom. The summed E-state index contributed by atoms with van der Waals surface area (Å²) in [5.41, 5.74) is 1.72. The average molecular weight is 434 g/mol. The quantitative estimate of drug-likeness (QED) is 0.418. The van der Waals surface area contributed by atoms with Gasteiger partial charge in [-0.1, -0.05) is 6.92 Å². The van der Waals surface area contributed by atoms with Crippen molar-refractivity contribution in [3.63, 3.8) is 0 Å². The molecular weight excluding hydrogens is 406 g/mol. The molecule has 166 valence electrons. The lowest BCUT2D eigenvalue weighted by atomic mass is 10.1. The van der Waals surface area contributed by atoms with Crippen LogP contribution in [0.4, 0.5) is 5.82 Å². The molecule has 1 saturated heterocycles. The van der Waals surface area contributed by atoms with E-state index in [1.54, 1.807) is 19.4 Å². The maximum Gasteiger partial charge on any atom is 0.347 e. The van der Waals surface area contributed by atoms with Crippen molar-refractivity contribution >= 4 is 16.7 Å². The van der Waals surface area contributed by atoms with E-state index in [-0.39, 0.29) is 5.89 Å². The number of nitrogens with zero attached hydrogens (tertiary/aromatic N) is 5. The Labute approximate surface area is 187 Å². The number of hydrogen-bond donors (Lipinski definition) is 0. The first-order valence-electron chi connectivity index (χ1n) is 10.9. The third-order valence-corrected chi connectivity index (χ3v) is 5.84. The molecule has 0 unspecified atom stereocenters. The van der Waals surface area contributed by atoms with Crippen molar-refractivity contribution < 1.29 is 9.15 Å². The van der Waals surface area contributed by atoms with E-state index in [1.807, 2.05) is 25.1 Å². The minimum atomic E-state index is -0.399. The molecule has 2 aromatic heterocycles. The van der Waals surface area contributed by atoms with E-state index in [9.17, 15) is 4.79 Å². The molecule has 3 aromatic rings. The van der Waals surface area contributed by atoms with Gasteiger partial charge in [0.05, 0.1) is 23.6 Å². The average Bonchev–Trinajstić information content (AvgIpc) is 2.83. The summed E-state index contributed by atoms with van der Waals surface area (Å²) in [5, 5.41) is 0.496. The van der Waals surface area contributed by atoms with Gasteiger partial charge in [-0.05, 0) is 30.2 Å². The summed E-state index contributed by atoms with van der Waals surface area (Å²) in [6, 6.07) is 7.34. The molecule has 1 fully saturated rings. The Morgan fingerprint density at radius 1 is 1.25 bits per heavy atom. The van der Waals surface area contributed by atoms with E-state index in [0.717, 1.165) is 50.5 Å². The highest BCUT2D eigenvalue weighted by molar-refractivity contribution is 5.84. The molecule has 8 nitrogen and oxygen atoms in total. The van der Waals surface area contributed by atoms with Crippen LogP contribution in [0.25, 0.3) is 27.2 Å². The molecule has 1 aliphatic heterocycles. The number of anilines is 1.